The summed E-state index contributed by atoms with van der Waals surface area (Å²) in [6.07, 6.45) is 1.54. The summed E-state index contributed by atoms with van der Waals surface area (Å²) in [4.78, 5) is 12.4. The molecule has 0 N–H and O–H groups in total. The van der Waals surface area contributed by atoms with Crippen LogP contribution < -0.4 is 0 Å². The molecule has 1 saturated carbocycles. The minimum atomic E-state index is -1.56. The lowest BCUT2D eigenvalue weighted by molar-refractivity contribution is -0.152. The highest BCUT2D eigenvalue weighted by atomic mass is 28.3. The Bertz CT molecular complexity index is 587. The van der Waals surface area contributed by atoms with E-state index in [0.717, 1.165) is 12.8 Å². The number of hydrogen-bond donors (Lipinski definition) is 0. The van der Waals surface area contributed by atoms with Crippen LogP contribution in [0.1, 0.15) is 32.3 Å². The number of rotatable bonds is 6. The summed E-state index contributed by atoms with van der Waals surface area (Å²) in [5.41, 5.74) is 2.68. The van der Waals surface area contributed by atoms with Crippen LogP contribution in [-0.4, -0.2) is 33.4 Å². The lowest BCUT2D eigenvalue weighted by atomic mass is 10.1. The van der Waals surface area contributed by atoms with Crippen molar-refractivity contribution in [2.24, 2.45) is 5.92 Å². The van der Waals surface area contributed by atoms with Crippen LogP contribution in [0, 0.1) is 5.92 Å². The Balaban J connectivity index is 2.42. The molecule has 3 nitrogen and oxygen atoms in total. The molecular weight excluding hydrogens is 316 g/mol. The number of esters is 1. The SMILES string of the molecule is CCOC(=O)C1C/C(=C(\c2ccccc2)[Si](C)(C)C)CC1OCC. The van der Waals surface area contributed by atoms with Crippen molar-refractivity contribution in [2.45, 2.75) is 52.4 Å². The van der Waals surface area contributed by atoms with E-state index in [-0.39, 0.29) is 18.0 Å². The van der Waals surface area contributed by atoms with E-state index >= 15 is 0 Å². The summed E-state index contributed by atoms with van der Waals surface area (Å²) < 4.78 is 11.2. The first-order valence-corrected chi connectivity index (χ1v) is 12.4. The molecular formula is C20H30O3Si. The third kappa shape index (κ3) is 4.36. The second kappa shape index (κ2) is 8.12. The smallest absolute Gasteiger partial charge is 0.311 e. The van der Waals surface area contributed by atoms with Crippen LogP contribution in [0.5, 0.6) is 0 Å². The number of carbonyl (C=O) groups excluding carboxylic acids is 1. The largest absolute Gasteiger partial charge is 0.466 e. The van der Waals surface area contributed by atoms with Crippen molar-refractivity contribution in [3.8, 4) is 0 Å². The van der Waals surface area contributed by atoms with Gasteiger partial charge in [0, 0.05) is 6.61 Å². The van der Waals surface area contributed by atoms with Crippen molar-refractivity contribution in [1.82, 2.24) is 0 Å². The molecule has 1 aliphatic carbocycles. The third-order valence-corrected chi connectivity index (χ3v) is 6.64. The molecule has 1 aromatic carbocycles. The zero-order valence-corrected chi connectivity index (χ0v) is 16.6. The van der Waals surface area contributed by atoms with Crippen LogP contribution in [0.2, 0.25) is 19.6 Å². The van der Waals surface area contributed by atoms with Crippen molar-refractivity contribution in [3.05, 3.63) is 41.5 Å². The quantitative estimate of drug-likeness (QED) is 0.553. The molecule has 0 radical (unpaired) electrons. The van der Waals surface area contributed by atoms with Gasteiger partial charge in [-0.15, -0.1) is 0 Å². The molecule has 0 aliphatic heterocycles. The van der Waals surface area contributed by atoms with Gasteiger partial charge in [-0.3, -0.25) is 4.79 Å². The first-order valence-electron chi connectivity index (χ1n) is 8.94. The van der Waals surface area contributed by atoms with Gasteiger partial charge in [-0.05, 0) is 32.3 Å². The summed E-state index contributed by atoms with van der Waals surface area (Å²) in [5, 5.41) is 1.47. The maximum Gasteiger partial charge on any atom is 0.311 e. The summed E-state index contributed by atoms with van der Waals surface area (Å²) in [6.45, 7) is 12.0. The summed E-state index contributed by atoms with van der Waals surface area (Å²) in [6, 6.07) is 10.6. The van der Waals surface area contributed by atoms with Crippen molar-refractivity contribution in [3.63, 3.8) is 0 Å². The second-order valence-electron chi connectivity index (χ2n) is 7.36. The Hall–Kier alpha value is -1.39. The number of benzene rings is 1. The van der Waals surface area contributed by atoms with Crippen molar-refractivity contribution < 1.29 is 14.3 Å². The Kier molecular flexibility index (Phi) is 6.41. The first-order chi connectivity index (χ1) is 11.4. The van der Waals surface area contributed by atoms with Gasteiger partial charge in [0.15, 0.2) is 0 Å². The van der Waals surface area contributed by atoms with Gasteiger partial charge in [-0.2, -0.15) is 0 Å². The minimum absolute atomic E-state index is 0.0564. The number of hydrogen-bond acceptors (Lipinski definition) is 3. The van der Waals surface area contributed by atoms with Crippen molar-refractivity contribution in [1.29, 1.82) is 0 Å². The number of carbonyl (C=O) groups is 1. The fraction of sp³-hybridized carbons (Fsp3) is 0.550. The molecule has 0 amide bonds. The Morgan fingerprint density at radius 2 is 1.75 bits per heavy atom. The standard InChI is InChI=1S/C20H30O3Si/c1-6-22-18-14-16(13-17(18)20(21)23-7-2)19(24(3,4)5)15-11-9-8-10-12-15/h8-12,17-18H,6-7,13-14H2,1-5H3/b19-16-. The predicted octanol–water partition coefficient (Wildman–Crippen LogP) is 4.70. The molecule has 2 unspecified atom stereocenters. The van der Waals surface area contributed by atoms with Gasteiger partial charge in [0.25, 0.3) is 0 Å². The molecule has 0 aromatic heterocycles. The number of ether oxygens (including phenoxy) is 2. The molecule has 0 spiro atoms. The topological polar surface area (TPSA) is 35.5 Å². The fourth-order valence-electron chi connectivity index (χ4n) is 3.72. The fourth-order valence-corrected chi connectivity index (χ4v) is 6.01. The van der Waals surface area contributed by atoms with Crippen molar-refractivity contribution >= 4 is 19.2 Å². The van der Waals surface area contributed by atoms with Crippen molar-refractivity contribution in [2.75, 3.05) is 13.2 Å². The zero-order chi connectivity index (χ0) is 17.7. The van der Waals surface area contributed by atoms with Crippen LogP contribution in [0.4, 0.5) is 0 Å². The van der Waals surface area contributed by atoms with Gasteiger partial charge in [0.05, 0.1) is 26.7 Å². The monoisotopic (exact) mass is 346 g/mol. The zero-order valence-electron chi connectivity index (χ0n) is 15.6. The van der Waals surface area contributed by atoms with Crippen LogP contribution in [0.3, 0.4) is 0 Å². The lowest BCUT2D eigenvalue weighted by Gasteiger charge is -2.24. The van der Waals surface area contributed by atoms with Gasteiger partial charge in [0.1, 0.15) is 0 Å². The summed E-state index contributed by atoms with van der Waals surface area (Å²) in [5.74, 6) is -0.288. The molecule has 4 heteroatoms. The van der Waals surface area contributed by atoms with Crippen LogP contribution in [0.15, 0.2) is 35.9 Å². The highest BCUT2D eigenvalue weighted by Gasteiger charge is 2.40. The summed E-state index contributed by atoms with van der Waals surface area (Å²) in [7, 11) is -1.56. The van der Waals surface area contributed by atoms with Gasteiger partial charge in [-0.1, -0.05) is 60.7 Å². The normalized spacial score (nSPS) is 23.2. The highest BCUT2D eigenvalue weighted by molar-refractivity contribution is 6.93. The van der Waals surface area contributed by atoms with E-state index in [4.69, 9.17) is 9.47 Å². The second-order valence-corrected chi connectivity index (χ2v) is 12.4. The van der Waals surface area contributed by atoms with E-state index in [9.17, 15) is 4.79 Å². The molecule has 2 atom stereocenters. The van der Waals surface area contributed by atoms with E-state index in [1.54, 1.807) is 0 Å². The molecule has 1 aromatic rings. The van der Waals surface area contributed by atoms with E-state index in [1.165, 1.54) is 16.3 Å². The third-order valence-electron chi connectivity index (χ3n) is 4.50. The predicted molar refractivity (Wildman–Crippen MR) is 101 cm³/mol. The molecule has 1 aliphatic rings. The van der Waals surface area contributed by atoms with Crippen LogP contribution in [-0.2, 0) is 14.3 Å². The molecule has 1 fully saturated rings. The summed E-state index contributed by atoms with van der Waals surface area (Å²) >= 11 is 0. The lowest BCUT2D eigenvalue weighted by Crippen LogP contribution is -2.27. The van der Waals surface area contributed by atoms with E-state index in [0.29, 0.717) is 13.2 Å². The molecule has 2 rings (SSSR count). The Morgan fingerprint density at radius 1 is 1.08 bits per heavy atom. The van der Waals surface area contributed by atoms with Crippen LogP contribution in [0.25, 0.3) is 5.20 Å². The van der Waals surface area contributed by atoms with Gasteiger partial charge >= 0.3 is 5.97 Å². The Morgan fingerprint density at radius 3 is 2.29 bits per heavy atom. The molecule has 0 bridgehead atoms. The maximum atomic E-state index is 12.4. The average Bonchev–Trinajstić information content (AvgIpc) is 2.91. The van der Waals surface area contributed by atoms with Crippen LogP contribution >= 0.6 is 0 Å². The van der Waals surface area contributed by atoms with Gasteiger partial charge < -0.3 is 9.47 Å². The molecule has 24 heavy (non-hydrogen) atoms. The molecule has 0 saturated heterocycles. The Labute approximate surface area is 147 Å². The van der Waals surface area contributed by atoms with E-state index < -0.39 is 8.07 Å². The molecule has 132 valence electrons. The van der Waals surface area contributed by atoms with Gasteiger partial charge in [-0.25, -0.2) is 0 Å². The van der Waals surface area contributed by atoms with E-state index in [2.05, 4.69) is 50.0 Å². The highest BCUT2D eigenvalue weighted by Crippen LogP contribution is 2.41. The van der Waals surface area contributed by atoms with E-state index in [1.807, 2.05) is 13.8 Å². The molecule has 0 heterocycles. The minimum Gasteiger partial charge on any atom is -0.466 e. The maximum absolute atomic E-state index is 12.4. The average molecular weight is 347 g/mol. The van der Waals surface area contributed by atoms with Gasteiger partial charge in [0.2, 0.25) is 0 Å². The first kappa shape index (κ1) is 18.9.